The van der Waals surface area contributed by atoms with Crippen LogP contribution in [0.15, 0.2) is 24.3 Å². The maximum Gasteiger partial charge on any atom is 0.305 e. The van der Waals surface area contributed by atoms with Gasteiger partial charge in [-0.25, -0.2) is 0 Å². The van der Waals surface area contributed by atoms with Crippen molar-refractivity contribution >= 4 is 11.9 Å². The van der Waals surface area contributed by atoms with Crippen LogP contribution in [-0.4, -0.2) is 47.4 Å². The van der Waals surface area contributed by atoms with Gasteiger partial charge in [0.05, 0.1) is 25.4 Å². The normalized spacial score (nSPS) is 12.7. The highest BCUT2D eigenvalue weighted by atomic mass is 16.5. The van der Waals surface area contributed by atoms with E-state index in [2.05, 4.69) is 43.5 Å². The van der Waals surface area contributed by atoms with E-state index in [1.54, 1.807) is 0 Å². The number of hydrogen-bond acceptors (Lipinski definition) is 5. The van der Waals surface area contributed by atoms with E-state index in [0.29, 0.717) is 25.9 Å². The number of aliphatic hydroxyl groups excluding tert-OH is 2. The lowest BCUT2D eigenvalue weighted by Gasteiger charge is -2.22. The molecule has 73 heavy (non-hydrogen) atoms. The number of amides is 1. The quantitative estimate of drug-likeness (QED) is 0.0320. The van der Waals surface area contributed by atoms with Crippen LogP contribution in [0, 0.1) is 0 Å². The first kappa shape index (κ1) is 71.3. The summed E-state index contributed by atoms with van der Waals surface area (Å²) in [6.45, 7) is 4.94. The number of esters is 1. The molecule has 0 saturated carbocycles. The number of carbonyl (C=O) groups is 2. The van der Waals surface area contributed by atoms with Crippen molar-refractivity contribution in [3.8, 4) is 0 Å². The minimum atomic E-state index is -0.680. The molecule has 0 radical (unpaired) electrons. The lowest BCUT2D eigenvalue weighted by Crippen LogP contribution is -2.45. The van der Waals surface area contributed by atoms with Crippen molar-refractivity contribution < 1.29 is 24.5 Å². The molecular formula is C67H129NO5. The van der Waals surface area contributed by atoms with Gasteiger partial charge in [0.2, 0.25) is 5.91 Å². The summed E-state index contributed by atoms with van der Waals surface area (Å²) in [5, 5.41) is 23.4. The Balaban J connectivity index is 3.48. The molecule has 6 nitrogen and oxygen atoms in total. The van der Waals surface area contributed by atoms with Crippen molar-refractivity contribution in [3.05, 3.63) is 24.3 Å². The molecule has 0 aromatic carbocycles. The number of unbranched alkanes of at least 4 members (excludes halogenated alkanes) is 48. The van der Waals surface area contributed by atoms with Crippen molar-refractivity contribution in [2.45, 2.75) is 379 Å². The molecule has 3 N–H and O–H groups in total. The van der Waals surface area contributed by atoms with Crippen molar-refractivity contribution in [2.75, 3.05) is 13.2 Å². The van der Waals surface area contributed by atoms with Crippen LogP contribution in [0.5, 0.6) is 0 Å². The van der Waals surface area contributed by atoms with Crippen LogP contribution in [0.4, 0.5) is 0 Å². The SMILES string of the molecule is CCCCCCCCCCCCCCCCCCCCCCCCCC(O)C(CO)NC(=O)CCCCCCCC/C=C\C=C/CCCCCOC(=O)CCCCCCCCCCCCCCCCCCCC. The molecule has 6 heteroatoms. The van der Waals surface area contributed by atoms with Crippen molar-refractivity contribution in [2.24, 2.45) is 0 Å². The minimum Gasteiger partial charge on any atom is -0.466 e. The molecule has 0 bridgehead atoms. The summed E-state index contributed by atoms with van der Waals surface area (Å²) in [5.41, 5.74) is 0. The number of carbonyl (C=O) groups excluding carboxylic acids is 2. The van der Waals surface area contributed by atoms with Crippen LogP contribution >= 0.6 is 0 Å². The summed E-state index contributed by atoms with van der Waals surface area (Å²) < 4.78 is 5.47. The van der Waals surface area contributed by atoms with E-state index in [-0.39, 0.29) is 18.5 Å². The molecule has 432 valence electrons. The Bertz CT molecular complexity index is 1140. The van der Waals surface area contributed by atoms with Crippen LogP contribution in [0.25, 0.3) is 0 Å². The second-order valence-corrected chi connectivity index (χ2v) is 22.8. The predicted octanol–water partition coefficient (Wildman–Crippen LogP) is 21.0. The van der Waals surface area contributed by atoms with Crippen LogP contribution in [0.2, 0.25) is 0 Å². The zero-order valence-electron chi connectivity index (χ0n) is 49.4. The minimum absolute atomic E-state index is 0.0162. The molecule has 0 aromatic heterocycles. The molecule has 1 amide bonds. The molecule has 0 aliphatic rings. The molecule has 2 unspecified atom stereocenters. The van der Waals surface area contributed by atoms with Gasteiger partial charge in [-0.2, -0.15) is 0 Å². The van der Waals surface area contributed by atoms with Crippen LogP contribution < -0.4 is 5.32 Å². The Kier molecular flexibility index (Phi) is 61.4. The van der Waals surface area contributed by atoms with E-state index >= 15 is 0 Å². The van der Waals surface area contributed by atoms with Gasteiger partial charge in [0, 0.05) is 12.8 Å². The Morgan fingerprint density at radius 1 is 0.384 bits per heavy atom. The zero-order valence-corrected chi connectivity index (χ0v) is 49.4. The van der Waals surface area contributed by atoms with E-state index in [0.717, 1.165) is 77.0 Å². The van der Waals surface area contributed by atoms with Crippen molar-refractivity contribution in [1.82, 2.24) is 5.32 Å². The Morgan fingerprint density at radius 2 is 0.671 bits per heavy atom. The smallest absolute Gasteiger partial charge is 0.305 e. The maximum absolute atomic E-state index is 12.5. The molecule has 0 saturated heterocycles. The molecular weight excluding hydrogens is 899 g/mol. The fraction of sp³-hybridized carbons (Fsp3) is 0.910. The molecule has 0 spiro atoms. The summed E-state index contributed by atoms with van der Waals surface area (Å²) >= 11 is 0. The predicted molar refractivity (Wildman–Crippen MR) is 320 cm³/mol. The zero-order chi connectivity index (χ0) is 52.9. The topological polar surface area (TPSA) is 95.9 Å². The molecule has 2 atom stereocenters. The lowest BCUT2D eigenvalue weighted by molar-refractivity contribution is -0.143. The number of nitrogens with one attached hydrogen (secondary N) is 1. The summed E-state index contributed by atoms with van der Waals surface area (Å²) in [6, 6.07) is -0.559. The van der Waals surface area contributed by atoms with Crippen LogP contribution in [0.3, 0.4) is 0 Å². The number of aliphatic hydroxyl groups is 2. The average molecular weight is 1030 g/mol. The van der Waals surface area contributed by atoms with Gasteiger partial charge in [-0.15, -0.1) is 0 Å². The Hall–Kier alpha value is -1.66. The summed E-state index contributed by atoms with van der Waals surface area (Å²) in [4.78, 5) is 24.6. The summed E-state index contributed by atoms with van der Waals surface area (Å²) in [7, 11) is 0. The summed E-state index contributed by atoms with van der Waals surface area (Å²) in [5.74, 6) is -0.0695. The molecule has 0 fully saturated rings. The summed E-state index contributed by atoms with van der Waals surface area (Å²) in [6.07, 6.45) is 77.7. The third kappa shape index (κ3) is 59.4. The van der Waals surface area contributed by atoms with E-state index in [1.807, 2.05) is 0 Å². The van der Waals surface area contributed by atoms with Gasteiger partial charge in [-0.3, -0.25) is 9.59 Å². The van der Waals surface area contributed by atoms with E-state index < -0.39 is 12.1 Å². The van der Waals surface area contributed by atoms with Crippen LogP contribution in [-0.2, 0) is 14.3 Å². The highest BCUT2D eigenvalue weighted by Gasteiger charge is 2.20. The third-order valence-corrected chi connectivity index (χ3v) is 15.5. The number of ether oxygens (including phenoxy) is 1. The van der Waals surface area contributed by atoms with Gasteiger partial charge in [-0.05, 0) is 57.8 Å². The second-order valence-electron chi connectivity index (χ2n) is 22.8. The fourth-order valence-electron chi connectivity index (χ4n) is 10.5. The van der Waals surface area contributed by atoms with E-state index in [1.165, 1.54) is 257 Å². The van der Waals surface area contributed by atoms with Gasteiger partial charge < -0.3 is 20.3 Å². The molecule has 0 aliphatic carbocycles. The Labute approximate surface area is 456 Å². The fourth-order valence-corrected chi connectivity index (χ4v) is 10.5. The first-order chi connectivity index (χ1) is 36.0. The molecule has 0 aliphatic heterocycles. The highest BCUT2D eigenvalue weighted by molar-refractivity contribution is 5.76. The number of hydrogen-bond donors (Lipinski definition) is 3. The standard InChI is InChI=1S/C67H129NO5/c1-3-5-7-9-11-13-15-17-19-21-23-24-25-26-27-28-31-35-39-43-47-51-55-59-65(70)64(63-69)68-66(71)60-56-52-48-44-40-36-32-30-34-38-42-46-50-54-58-62-73-67(72)61-57-53-49-45-41-37-33-29-22-20-18-16-14-12-10-8-6-4-2/h30,34,38,42,64-65,69-70H,3-29,31-33,35-37,39-41,43-63H2,1-2H3,(H,68,71)/b34-30-,42-38-. The van der Waals surface area contributed by atoms with E-state index in [4.69, 9.17) is 4.74 Å². The molecule has 0 heterocycles. The van der Waals surface area contributed by atoms with E-state index in [9.17, 15) is 19.8 Å². The maximum atomic E-state index is 12.5. The number of rotatable bonds is 62. The first-order valence-corrected chi connectivity index (χ1v) is 33.1. The number of allylic oxidation sites excluding steroid dienone is 4. The van der Waals surface area contributed by atoms with Gasteiger partial charge in [0.1, 0.15) is 0 Å². The highest BCUT2D eigenvalue weighted by Crippen LogP contribution is 2.18. The largest absolute Gasteiger partial charge is 0.466 e. The van der Waals surface area contributed by atoms with Crippen molar-refractivity contribution in [3.63, 3.8) is 0 Å². The first-order valence-electron chi connectivity index (χ1n) is 33.1. The van der Waals surface area contributed by atoms with Gasteiger partial charge >= 0.3 is 5.97 Å². The molecule has 0 aromatic rings. The monoisotopic (exact) mass is 1030 g/mol. The van der Waals surface area contributed by atoms with Crippen molar-refractivity contribution in [1.29, 1.82) is 0 Å². The van der Waals surface area contributed by atoms with Gasteiger partial charge in [-0.1, -0.05) is 321 Å². The van der Waals surface area contributed by atoms with Gasteiger partial charge in [0.15, 0.2) is 0 Å². The third-order valence-electron chi connectivity index (χ3n) is 15.5. The molecule has 0 rings (SSSR count). The lowest BCUT2D eigenvalue weighted by atomic mass is 10.0. The Morgan fingerprint density at radius 3 is 1.01 bits per heavy atom. The van der Waals surface area contributed by atoms with Gasteiger partial charge in [0.25, 0.3) is 0 Å². The average Bonchev–Trinajstić information content (AvgIpc) is 3.39. The second kappa shape index (κ2) is 62.9. The van der Waals surface area contributed by atoms with Crippen LogP contribution in [0.1, 0.15) is 367 Å².